The molecule has 4 aromatic rings. The number of rotatable bonds is 9. The molecule has 0 aliphatic carbocycles. The van der Waals surface area contributed by atoms with Crippen LogP contribution in [-0.2, 0) is 20.0 Å². The fourth-order valence-corrected chi connectivity index (χ4v) is 4.91. The van der Waals surface area contributed by atoms with E-state index in [4.69, 9.17) is 10.5 Å². The van der Waals surface area contributed by atoms with E-state index in [1.54, 1.807) is 25.4 Å². The Morgan fingerprint density at radius 1 is 1.05 bits per heavy atom. The molecule has 38 heavy (non-hydrogen) atoms. The van der Waals surface area contributed by atoms with Crippen LogP contribution in [0.25, 0.3) is 22.3 Å². The van der Waals surface area contributed by atoms with Crippen LogP contribution < -0.4 is 21.3 Å². The largest absolute Gasteiger partial charge is 0.496 e. The lowest BCUT2D eigenvalue weighted by molar-refractivity contribution is 0.206. The van der Waals surface area contributed by atoms with Gasteiger partial charge in [-0.2, -0.15) is 0 Å². The van der Waals surface area contributed by atoms with E-state index in [0.717, 1.165) is 46.2 Å². The number of nitrogens with zero attached hydrogens (tertiary/aromatic N) is 1. The number of aryl methyl sites for hydroxylation is 1. The summed E-state index contributed by atoms with van der Waals surface area (Å²) in [6.45, 7) is 4.15. The van der Waals surface area contributed by atoms with Crippen molar-refractivity contribution in [3.8, 4) is 28.0 Å². The molecule has 1 atom stereocenters. The van der Waals surface area contributed by atoms with Crippen molar-refractivity contribution in [2.24, 2.45) is 12.8 Å². The van der Waals surface area contributed by atoms with Crippen molar-refractivity contribution in [3.63, 3.8) is 0 Å². The molecule has 1 heterocycles. The van der Waals surface area contributed by atoms with E-state index in [1.807, 2.05) is 43.3 Å². The van der Waals surface area contributed by atoms with Gasteiger partial charge in [0, 0.05) is 31.0 Å². The van der Waals surface area contributed by atoms with E-state index in [0.29, 0.717) is 17.0 Å². The second-order valence-electron chi connectivity index (χ2n) is 9.33. The molecule has 0 bridgehead atoms. The molecule has 0 radical (unpaired) electrons. The van der Waals surface area contributed by atoms with Gasteiger partial charge in [-0.25, -0.2) is 4.39 Å². The number of ether oxygens (including phenoxy) is 1. The van der Waals surface area contributed by atoms with Gasteiger partial charge in [0.05, 0.1) is 12.7 Å². The molecule has 0 saturated carbocycles. The zero-order valence-corrected chi connectivity index (χ0v) is 22.2. The van der Waals surface area contributed by atoms with Crippen LogP contribution in [0.4, 0.5) is 10.1 Å². The Labute approximate surface area is 222 Å². The summed E-state index contributed by atoms with van der Waals surface area (Å²) in [6.07, 6.45) is 2.17. The van der Waals surface area contributed by atoms with Crippen molar-refractivity contribution in [1.82, 2.24) is 4.57 Å². The van der Waals surface area contributed by atoms with Crippen molar-refractivity contribution >= 4 is 5.69 Å². The molecule has 7 heteroatoms. The van der Waals surface area contributed by atoms with E-state index < -0.39 is 12.0 Å². The van der Waals surface area contributed by atoms with Crippen LogP contribution >= 0.6 is 0 Å². The molecule has 4 N–H and O–H groups in total. The molecule has 1 unspecified atom stereocenters. The number of nitrogens with two attached hydrogens (primary N) is 1. The lowest BCUT2D eigenvalue weighted by Crippen LogP contribution is -2.25. The first-order valence-electron chi connectivity index (χ1n) is 12.7. The summed E-state index contributed by atoms with van der Waals surface area (Å²) in [5.74, 6) is 0.0388. The molecule has 198 valence electrons. The van der Waals surface area contributed by atoms with Crippen molar-refractivity contribution in [3.05, 3.63) is 105 Å². The molecule has 3 aromatic carbocycles. The second kappa shape index (κ2) is 11.6. The SMILES string of the molecule is CCCc1c(-c2cc(F)c(CN)c(OC)c2)cccc1-c1cccc(NC(O)c2cccn(C)c2=O)c1C. The number of anilines is 1. The summed E-state index contributed by atoms with van der Waals surface area (Å²) in [4.78, 5) is 12.5. The van der Waals surface area contributed by atoms with Gasteiger partial charge >= 0.3 is 0 Å². The topological polar surface area (TPSA) is 89.5 Å². The van der Waals surface area contributed by atoms with E-state index in [9.17, 15) is 14.3 Å². The van der Waals surface area contributed by atoms with Gasteiger partial charge in [-0.1, -0.05) is 43.7 Å². The Hall–Kier alpha value is -3.94. The maximum Gasteiger partial charge on any atom is 0.258 e. The Balaban J connectivity index is 1.80. The monoisotopic (exact) mass is 515 g/mol. The van der Waals surface area contributed by atoms with Gasteiger partial charge in [-0.05, 0) is 77.1 Å². The van der Waals surface area contributed by atoms with E-state index in [1.165, 1.54) is 17.7 Å². The maximum absolute atomic E-state index is 14.9. The summed E-state index contributed by atoms with van der Waals surface area (Å²) in [5.41, 5.74) is 12.5. The molecule has 0 fully saturated rings. The average molecular weight is 516 g/mol. The van der Waals surface area contributed by atoms with Gasteiger partial charge in [0.25, 0.3) is 5.56 Å². The van der Waals surface area contributed by atoms with Crippen LogP contribution in [0.1, 0.15) is 41.8 Å². The predicted molar refractivity (Wildman–Crippen MR) is 151 cm³/mol. The summed E-state index contributed by atoms with van der Waals surface area (Å²) in [5, 5.41) is 13.9. The number of pyridine rings is 1. The van der Waals surface area contributed by atoms with Crippen molar-refractivity contribution in [2.45, 2.75) is 39.5 Å². The molecule has 0 saturated heterocycles. The third-order valence-corrected chi connectivity index (χ3v) is 6.93. The molecule has 0 aliphatic rings. The first-order chi connectivity index (χ1) is 18.3. The third-order valence-electron chi connectivity index (χ3n) is 6.93. The van der Waals surface area contributed by atoms with Crippen LogP contribution in [0.15, 0.2) is 71.7 Å². The van der Waals surface area contributed by atoms with Gasteiger partial charge in [0.15, 0.2) is 6.23 Å². The van der Waals surface area contributed by atoms with Crippen molar-refractivity contribution in [2.75, 3.05) is 12.4 Å². The number of halogens is 1. The van der Waals surface area contributed by atoms with E-state index in [-0.39, 0.29) is 17.7 Å². The smallest absolute Gasteiger partial charge is 0.258 e. The van der Waals surface area contributed by atoms with Gasteiger partial charge in [-0.3, -0.25) is 4.79 Å². The zero-order chi connectivity index (χ0) is 27.4. The lowest BCUT2D eigenvalue weighted by Gasteiger charge is -2.21. The van der Waals surface area contributed by atoms with Crippen molar-refractivity contribution < 1.29 is 14.2 Å². The third kappa shape index (κ3) is 5.21. The minimum atomic E-state index is -1.17. The zero-order valence-electron chi connectivity index (χ0n) is 22.2. The average Bonchev–Trinajstić information content (AvgIpc) is 2.91. The van der Waals surface area contributed by atoms with Gasteiger partial charge in [0.1, 0.15) is 11.6 Å². The summed E-state index contributed by atoms with van der Waals surface area (Å²) in [6, 6.07) is 18.6. The van der Waals surface area contributed by atoms with Crippen LogP contribution in [-0.4, -0.2) is 16.8 Å². The Morgan fingerprint density at radius 2 is 1.76 bits per heavy atom. The number of aliphatic hydroxyl groups is 1. The molecule has 1 aromatic heterocycles. The standard InChI is InChI=1S/C31H34FN3O3/c1-5-9-23-22(20-16-27(32)26(18-33)29(17-20)38-4)11-6-12-24(23)21-10-7-14-28(19(21)2)34-30(36)25-13-8-15-35(3)31(25)37/h6-8,10-17,30,34,36H,5,9,18,33H2,1-4H3. The van der Waals surface area contributed by atoms with Gasteiger partial charge < -0.3 is 25.5 Å². The molecule has 4 rings (SSSR count). The molecule has 0 aliphatic heterocycles. The maximum atomic E-state index is 14.9. The number of benzene rings is 3. The highest BCUT2D eigenvalue weighted by Crippen LogP contribution is 2.39. The highest BCUT2D eigenvalue weighted by Gasteiger charge is 2.19. The number of aromatic nitrogens is 1. The van der Waals surface area contributed by atoms with E-state index >= 15 is 0 Å². The molecule has 0 amide bonds. The van der Waals surface area contributed by atoms with E-state index in [2.05, 4.69) is 18.3 Å². The summed E-state index contributed by atoms with van der Waals surface area (Å²) in [7, 11) is 3.17. The fraction of sp³-hybridized carbons (Fsp3) is 0.258. The minimum Gasteiger partial charge on any atom is -0.496 e. The lowest BCUT2D eigenvalue weighted by atomic mass is 9.87. The fourth-order valence-electron chi connectivity index (χ4n) is 4.91. The summed E-state index contributed by atoms with van der Waals surface area (Å²) < 4.78 is 21.8. The quantitative estimate of drug-likeness (QED) is 0.249. The van der Waals surface area contributed by atoms with Gasteiger partial charge in [-0.15, -0.1) is 0 Å². The number of nitrogens with one attached hydrogen (secondary N) is 1. The molecule has 0 spiro atoms. The van der Waals surface area contributed by atoms with Crippen LogP contribution in [0.5, 0.6) is 5.75 Å². The number of methoxy groups -OCH3 is 1. The first kappa shape index (κ1) is 27.1. The predicted octanol–water partition coefficient (Wildman–Crippen LogP) is 5.69. The molecule has 6 nitrogen and oxygen atoms in total. The minimum absolute atomic E-state index is 0.0526. The second-order valence-corrected chi connectivity index (χ2v) is 9.33. The number of hydrogen-bond acceptors (Lipinski definition) is 5. The van der Waals surface area contributed by atoms with Gasteiger partial charge in [0.2, 0.25) is 0 Å². The number of hydrogen-bond donors (Lipinski definition) is 3. The molecular formula is C31H34FN3O3. The Morgan fingerprint density at radius 3 is 2.47 bits per heavy atom. The first-order valence-corrected chi connectivity index (χ1v) is 12.7. The Bertz CT molecular complexity index is 1510. The summed E-state index contributed by atoms with van der Waals surface area (Å²) >= 11 is 0. The van der Waals surface area contributed by atoms with Crippen LogP contribution in [0.2, 0.25) is 0 Å². The van der Waals surface area contributed by atoms with Crippen molar-refractivity contribution in [1.29, 1.82) is 0 Å². The number of aliphatic hydroxyl groups excluding tert-OH is 1. The Kier molecular flexibility index (Phi) is 8.29. The molecular weight excluding hydrogens is 481 g/mol. The highest BCUT2D eigenvalue weighted by atomic mass is 19.1. The highest BCUT2D eigenvalue weighted by molar-refractivity contribution is 5.83. The van der Waals surface area contributed by atoms with Crippen LogP contribution in [0.3, 0.4) is 0 Å². The normalized spacial score (nSPS) is 11.9. The van der Waals surface area contributed by atoms with Crippen LogP contribution in [0, 0.1) is 12.7 Å².